The predicted octanol–water partition coefficient (Wildman–Crippen LogP) is 3.00. The standard InChI is InChI=1S/C28H35N5O3/c1-21(34)31-14-16-32(17-15-31)28(35)23-6-5-13-30(19-23)20-27-29-25-7-3-4-8-26(25)33(27)18-22-9-11-24(36-2)12-10-22/h3-4,7-12,23H,5-6,13-20H2,1-2H3/t23-/m0/s1. The van der Waals surface area contributed by atoms with Gasteiger partial charge in [0, 0.05) is 46.2 Å². The van der Waals surface area contributed by atoms with Gasteiger partial charge in [-0.3, -0.25) is 14.5 Å². The van der Waals surface area contributed by atoms with E-state index in [2.05, 4.69) is 39.8 Å². The van der Waals surface area contributed by atoms with Gasteiger partial charge in [-0.05, 0) is 49.2 Å². The van der Waals surface area contributed by atoms with Crippen LogP contribution in [0.3, 0.4) is 0 Å². The molecule has 0 spiro atoms. The van der Waals surface area contributed by atoms with Crippen LogP contribution in [0.2, 0.25) is 0 Å². The molecule has 2 aromatic carbocycles. The van der Waals surface area contributed by atoms with Gasteiger partial charge in [-0.1, -0.05) is 24.3 Å². The Morgan fingerprint density at radius 1 is 0.944 bits per heavy atom. The fraction of sp³-hybridized carbons (Fsp3) is 0.464. The summed E-state index contributed by atoms with van der Waals surface area (Å²) in [6.45, 7) is 7.28. The highest BCUT2D eigenvalue weighted by Crippen LogP contribution is 2.24. The molecule has 36 heavy (non-hydrogen) atoms. The minimum Gasteiger partial charge on any atom is -0.497 e. The molecule has 2 saturated heterocycles. The molecule has 0 saturated carbocycles. The van der Waals surface area contributed by atoms with Gasteiger partial charge >= 0.3 is 0 Å². The molecule has 190 valence electrons. The maximum atomic E-state index is 13.3. The van der Waals surface area contributed by atoms with Crippen LogP contribution in [0.5, 0.6) is 5.75 Å². The maximum Gasteiger partial charge on any atom is 0.227 e. The van der Waals surface area contributed by atoms with Crippen molar-refractivity contribution < 1.29 is 14.3 Å². The SMILES string of the molecule is COc1ccc(Cn2c(CN3CCC[C@H](C(=O)N4CCN(C(C)=O)CC4)C3)nc3ccccc32)cc1. The number of ether oxygens (including phenoxy) is 1. The van der Waals surface area contributed by atoms with E-state index in [0.717, 1.165) is 55.1 Å². The van der Waals surface area contributed by atoms with E-state index in [1.165, 1.54) is 5.56 Å². The van der Waals surface area contributed by atoms with Crippen molar-refractivity contribution >= 4 is 22.8 Å². The van der Waals surface area contributed by atoms with E-state index in [4.69, 9.17) is 9.72 Å². The van der Waals surface area contributed by atoms with Crippen LogP contribution in [0.15, 0.2) is 48.5 Å². The van der Waals surface area contributed by atoms with Crippen LogP contribution in [0.25, 0.3) is 11.0 Å². The number of hydrogen-bond acceptors (Lipinski definition) is 5. The maximum absolute atomic E-state index is 13.3. The number of fused-ring (bicyclic) bond motifs is 1. The third-order valence-electron chi connectivity index (χ3n) is 7.49. The molecule has 3 aromatic rings. The molecule has 0 aliphatic carbocycles. The molecule has 0 radical (unpaired) electrons. The Balaban J connectivity index is 1.29. The Labute approximate surface area is 212 Å². The summed E-state index contributed by atoms with van der Waals surface area (Å²) in [5.41, 5.74) is 3.31. The van der Waals surface area contributed by atoms with Crippen molar-refractivity contribution in [1.29, 1.82) is 0 Å². The molecule has 1 atom stereocenters. The molecule has 3 heterocycles. The minimum absolute atomic E-state index is 0.00189. The van der Waals surface area contributed by atoms with Crippen molar-refractivity contribution in [3.63, 3.8) is 0 Å². The Morgan fingerprint density at radius 2 is 1.67 bits per heavy atom. The van der Waals surface area contributed by atoms with E-state index in [9.17, 15) is 9.59 Å². The van der Waals surface area contributed by atoms with Crippen molar-refractivity contribution in [3.8, 4) is 5.75 Å². The zero-order valence-electron chi connectivity index (χ0n) is 21.2. The Morgan fingerprint density at radius 3 is 2.39 bits per heavy atom. The number of para-hydroxylation sites is 2. The average molecular weight is 490 g/mol. The van der Waals surface area contributed by atoms with Crippen LogP contribution >= 0.6 is 0 Å². The summed E-state index contributed by atoms with van der Waals surface area (Å²) in [7, 11) is 1.68. The number of likely N-dealkylation sites (tertiary alicyclic amines) is 1. The molecule has 1 aromatic heterocycles. The fourth-order valence-electron chi connectivity index (χ4n) is 5.44. The number of carbonyl (C=O) groups is 2. The summed E-state index contributed by atoms with van der Waals surface area (Å²) in [5.74, 6) is 2.19. The van der Waals surface area contributed by atoms with Crippen molar-refractivity contribution in [3.05, 3.63) is 59.9 Å². The first kappa shape index (κ1) is 24.3. The van der Waals surface area contributed by atoms with E-state index in [1.807, 2.05) is 28.0 Å². The minimum atomic E-state index is 0.00189. The molecular weight excluding hydrogens is 454 g/mol. The molecule has 0 N–H and O–H groups in total. The summed E-state index contributed by atoms with van der Waals surface area (Å²) < 4.78 is 7.61. The summed E-state index contributed by atoms with van der Waals surface area (Å²) in [4.78, 5) is 36.1. The van der Waals surface area contributed by atoms with E-state index in [0.29, 0.717) is 32.7 Å². The second-order valence-electron chi connectivity index (χ2n) is 9.86. The van der Waals surface area contributed by atoms with E-state index >= 15 is 0 Å². The Kier molecular flexibility index (Phi) is 7.23. The van der Waals surface area contributed by atoms with Gasteiger partial charge in [-0.25, -0.2) is 4.98 Å². The molecule has 2 amide bonds. The lowest BCUT2D eigenvalue weighted by Crippen LogP contribution is -2.53. The van der Waals surface area contributed by atoms with Gasteiger partial charge in [0.15, 0.2) is 0 Å². The van der Waals surface area contributed by atoms with E-state index < -0.39 is 0 Å². The van der Waals surface area contributed by atoms with Crippen molar-refractivity contribution in [1.82, 2.24) is 24.3 Å². The number of methoxy groups -OCH3 is 1. The summed E-state index contributed by atoms with van der Waals surface area (Å²) in [6.07, 6.45) is 1.92. The predicted molar refractivity (Wildman–Crippen MR) is 139 cm³/mol. The molecule has 8 heteroatoms. The Bertz CT molecular complexity index is 1210. The topological polar surface area (TPSA) is 70.9 Å². The number of benzene rings is 2. The zero-order valence-corrected chi connectivity index (χ0v) is 21.2. The van der Waals surface area contributed by atoms with Gasteiger partial charge in [0.05, 0.1) is 30.6 Å². The highest BCUT2D eigenvalue weighted by Gasteiger charge is 2.32. The summed E-state index contributed by atoms with van der Waals surface area (Å²) in [5, 5.41) is 0. The first-order valence-electron chi connectivity index (χ1n) is 12.9. The number of aromatic nitrogens is 2. The molecule has 8 nitrogen and oxygen atoms in total. The van der Waals surface area contributed by atoms with Crippen LogP contribution in [0.1, 0.15) is 31.2 Å². The molecule has 5 rings (SSSR count). The first-order chi connectivity index (χ1) is 17.5. The molecule has 2 aliphatic rings. The lowest BCUT2D eigenvalue weighted by molar-refractivity contribution is -0.142. The smallest absolute Gasteiger partial charge is 0.227 e. The monoisotopic (exact) mass is 489 g/mol. The van der Waals surface area contributed by atoms with E-state index in [-0.39, 0.29) is 17.7 Å². The number of piperidine rings is 1. The van der Waals surface area contributed by atoms with Gasteiger partial charge in [0.25, 0.3) is 0 Å². The molecule has 0 bridgehead atoms. The second-order valence-corrected chi connectivity index (χ2v) is 9.86. The number of hydrogen-bond donors (Lipinski definition) is 0. The third-order valence-corrected chi connectivity index (χ3v) is 7.49. The van der Waals surface area contributed by atoms with Gasteiger partial charge in [0.1, 0.15) is 11.6 Å². The van der Waals surface area contributed by atoms with Gasteiger partial charge in [-0.15, -0.1) is 0 Å². The van der Waals surface area contributed by atoms with Gasteiger partial charge < -0.3 is 19.1 Å². The van der Waals surface area contributed by atoms with Gasteiger partial charge in [0.2, 0.25) is 11.8 Å². The molecule has 2 fully saturated rings. The highest BCUT2D eigenvalue weighted by molar-refractivity contribution is 5.80. The third kappa shape index (κ3) is 5.23. The largest absolute Gasteiger partial charge is 0.497 e. The van der Waals surface area contributed by atoms with Crippen LogP contribution in [-0.2, 0) is 22.7 Å². The number of nitrogens with zero attached hydrogens (tertiary/aromatic N) is 5. The lowest BCUT2D eigenvalue weighted by Gasteiger charge is -2.38. The highest BCUT2D eigenvalue weighted by atomic mass is 16.5. The average Bonchev–Trinajstić information content (AvgIpc) is 3.25. The summed E-state index contributed by atoms with van der Waals surface area (Å²) >= 11 is 0. The number of piperazine rings is 1. The molecule has 0 unspecified atom stereocenters. The van der Waals surface area contributed by atoms with Crippen LogP contribution in [0.4, 0.5) is 0 Å². The van der Waals surface area contributed by atoms with Crippen molar-refractivity contribution in [2.75, 3.05) is 46.4 Å². The zero-order chi connectivity index (χ0) is 25.1. The molecular formula is C28H35N5O3. The number of imidazole rings is 1. The van der Waals surface area contributed by atoms with Crippen LogP contribution in [-0.4, -0.2) is 82.4 Å². The van der Waals surface area contributed by atoms with Gasteiger partial charge in [-0.2, -0.15) is 0 Å². The van der Waals surface area contributed by atoms with Crippen molar-refractivity contribution in [2.24, 2.45) is 5.92 Å². The second kappa shape index (κ2) is 10.7. The Hall–Kier alpha value is -3.39. The van der Waals surface area contributed by atoms with Crippen LogP contribution in [0, 0.1) is 5.92 Å². The summed E-state index contributed by atoms with van der Waals surface area (Å²) in [6, 6.07) is 16.4. The fourth-order valence-corrected chi connectivity index (χ4v) is 5.44. The first-order valence-corrected chi connectivity index (χ1v) is 12.9. The quantitative estimate of drug-likeness (QED) is 0.532. The van der Waals surface area contributed by atoms with Crippen molar-refractivity contribution in [2.45, 2.75) is 32.9 Å². The molecule has 2 aliphatic heterocycles. The van der Waals surface area contributed by atoms with Crippen LogP contribution < -0.4 is 4.74 Å². The number of rotatable bonds is 6. The number of amides is 2. The number of carbonyl (C=O) groups excluding carboxylic acids is 2. The lowest BCUT2D eigenvalue weighted by atomic mass is 9.96. The normalized spacial score (nSPS) is 19.0. The van der Waals surface area contributed by atoms with E-state index in [1.54, 1.807) is 14.0 Å².